The Morgan fingerprint density at radius 1 is 1.50 bits per heavy atom. The van der Waals surface area contributed by atoms with E-state index in [4.69, 9.17) is 0 Å². The topological polar surface area (TPSA) is 57.8 Å². The normalized spacial score (nSPS) is 11.8. The summed E-state index contributed by atoms with van der Waals surface area (Å²) in [6, 6.07) is 5.56. The molecule has 18 heavy (non-hydrogen) atoms. The molecule has 0 aliphatic carbocycles. The molecule has 1 N–H and O–H groups in total. The van der Waals surface area contributed by atoms with E-state index in [1.54, 1.807) is 29.3 Å². The number of aromatic nitrogens is 2. The monoisotopic (exact) mass is 247 g/mol. The second-order valence-corrected chi connectivity index (χ2v) is 5.04. The third-order valence-electron chi connectivity index (χ3n) is 2.64. The molecule has 0 saturated carbocycles. The number of hydrogen-bond donors (Lipinski definition) is 1. The molecule has 2 rings (SSSR count). The molecule has 0 amide bonds. The van der Waals surface area contributed by atoms with E-state index in [1.807, 2.05) is 25.2 Å². The van der Waals surface area contributed by atoms with E-state index in [0.717, 1.165) is 11.9 Å². The Labute approximate surface area is 106 Å². The average molecular weight is 247 g/mol. The van der Waals surface area contributed by atoms with Gasteiger partial charge in [0.05, 0.1) is 5.60 Å². The first-order chi connectivity index (χ1) is 8.42. The molecule has 0 aliphatic rings. The average Bonchev–Trinajstić information content (AvgIpc) is 2.65. The molecular weight excluding hydrogens is 230 g/mol. The van der Waals surface area contributed by atoms with E-state index in [-0.39, 0.29) is 0 Å². The van der Waals surface area contributed by atoms with Crippen LogP contribution < -0.4 is 4.90 Å². The number of nitrogens with zero attached hydrogens (tertiary/aromatic N) is 3. The van der Waals surface area contributed by atoms with Gasteiger partial charge in [0.25, 0.3) is 0 Å². The molecule has 96 valence electrons. The van der Waals surface area contributed by atoms with Crippen LogP contribution in [0.2, 0.25) is 0 Å². The predicted molar refractivity (Wildman–Crippen MR) is 70.1 cm³/mol. The van der Waals surface area contributed by atoms with Crippen molar-refractivity contribution in [3.63, 3.8) is 0 Å². The highest BCUT2D eigenvalue weighted by Crippen LogP contribution is 2.20. The number of imidazole rings is 1. The van der Waals surface area contributed by atoms with Crippen molar-refractivity contribution in [1.82, 2.24) is 9.38 Å². The lowest BCUT2D eigenvalue weighted by Crippen LogP contribution is -2.36. The molecule has 2 aromatic heterocycles. The standard InChI is InChI=1S/C13H17N3O2/c1-13(2,18)9-15(3)12-10(8-17)16-7-5-4-6-11(16)14-12/h4-8,18H,9H2,1-3H3. The lowest BCUT2D eigenvalue weighted by molar-refractivity contribution is 0.0883. The van der Waals surface area contributed by atoms with Crippen LogP contribution in [0.15, 0.2) is 24.4 Å². The first-order valence-corrected chi connectivity index (χ1v) is 5.78. The van der Waals surface area contributed by atoms with Gasteiger partial charge in [-0.25, -0.2) is 4.98 Å². The number of carbonyl (C=O) groups excluding carboxylic acids is 1. The number of aliphatic hydroxyl groups is 1. The summed E-state index contributed by atoms with van der Waals surface area (Å²) in [5.41, 5.74) is 0.375. The fraction of sp³-hybridized carbons (Fsp3) is 0.385. The van der Waals surface area contributed by atoms with Gasteiger partial charge in [-0.15, -0.1) is 0 Å². The van der Waals surface area contributed by atoms with Gasteiger partial charge in [-0.3, -0.25) is 9.20 Å². The van der Waals surface area contributed by atoms with Gasteiger partial charge in [0, 0.05) is 19.8 Å². The molecule has 5 heteroatoms. The summed E-state index contributed by atoms with van der Waals surface area (Å²) in [4.78, 5) is 17.4. The number of likely N-dealkylation sites (N-methyl/N-ethyl adjacent to an activating group) is 1. The number of rotatable bonds is 4. The number of hydrogen-bond acceptors (Lipinski definition) is 4. The lowest BCUT2D eigenvalue weighted by atomic mass is 10.1. The van der Waals surface area contributed by atoms with Crippen LogP contribution in [0.1, 0.15) is 24.3 Å². The van der Waals surface area contributed by atoms with Crippen LogP contribution in [0.25, 0.3) is 5.65 Å². The first-order valence-electron chi connectivity index (χ1n) is 5.78. The molecule has 0 saturated heterocycles. The van der Waals surface area contributed by atoms with E-state index in [2.05, 4.69) is 4.98 Å². The zero-order valence-electron chi connectivity index (χ0n) is 10.8. The summed E-state index contributed by atoms with van der Waals surface area (Å²) in [5.74, 6) is 0.582. The van der Waals surface area contributed by atoms with Crippen LogP contribution in [0.4, 0.5) is 5.82 Å². The summed E-state index contributed by atoms with van der Waals surface area (Å²) < 4.78 is 1.74. The lowest BCUT2D eigenvalue weighted by Gasteiger charge is -2.25. The van der Waals surface area contributed by atoms with E-state index >= 15 is 0 Å². The Balaban J connectivity index is 2.47. The van der Waals surface area contributed by atoms with Crippen molar-refractivity contribution >= 4 is 17.8 Å². The van der Waals surface area contributed by atoms with E-state index in [0.29, 0.717) is 18.1 Å². The largest absolute Gasteiger partial charge is 0.389 e. The van der Waals surface area contributed by atoms with Gasteiger partial charge in [0.2, 0.25) is 0 Å². The van der Waals surface area contributed by atoms with Crippen molar-refractivity contribution in [2.24, 2.45) is 0 Å². The summed E-state index contributed by atoms with van der Waals surface area (Å²) in [5, 5.41) is 9.82. The maximum Gasteiger partial charge on any atom is 0.170 e. The van der Waals surface area contributed by atoms with Crippen molar-refractivity contribution in [3.05, 3.63) is 30.1 Å². The smallest absolute Gasteiger partial charge is 0.170 e. The Morgan fingerprint density at radius 2 is 2.22 bits per heavy atom. The maximum absolute atomic E-state index is 11.2. The van der Waals surface area contributed by atoms with Gasteiger partial charge in [-0.2, -0.15) is 0 Å². The van der Waals surface area contributed by atoms with E-state index in [1.165, 1.54) is 0 Å². The molecular formula is C13H17N3O2. The summed E-state index contributed by atoms with van der Waals surface area (Å²) in [7, 11) is 1.81. The second-order valence-electron chi connectivity index (χ2n) is 5.04. The number of pyridine rings is 1. The van der Waals surface area contributed by atoms with Crippen molar-refractivity contribution in [2.45, 2.75) is 19.4 Å². The summed E-state index contributed by atoms with van der Waals surface area (Å²) in [6.07, 6.45) is 2.59. The number of anilines is 1. The molecule has 0 aromatic carbocycles. The molecule has 0 aliphatic heterocycles. The zero-order chi connectivity index (χ0) is 13.3. The molecule has 0 bridgehead atoms. The second kappa shape index (κ2) is 4.42. The zero-order valence-corrected chi connectivity index (χ0v) is 10.8. The molecule has 0 spiro atoms. The SMILES string of the molecule is CN(CC(C)(C)O)c1nc2ccccn2c1C=O. The highest BCUT2D eigenvalue weighted by Gasteiger charge is 2.21. The fourth-order valence-corrected chi connectivity index (χ4v) is 2.05. The molecule has 0 unspecified atom stereocenters. The van der Waals surface area contributed by atoms with Crippen molar-refractivity contribution in [2.75, 3.05) is 18.5 Å². The number of carbonyl (C=O) groups is 1. The molecule has 5 nitrogen and oxygen atoms in total. The van der Waals surface area contributed by atoms with Crippen LogP contribution in [0, 0.1) is 0 Å². The minimum Gasteiger partial charge on any atom is -0.389 e. The third kappa shape index (κ3) is 2.36. The summed E-state index contributed by atoms with van der Waals surface area (Å²) >= 11 is 0. The fourth-order valence-electron chi connectivity index (χ4n) is 2.05. The van der Waals surface area contributed by atoms with Gasteiger partial charge in [0.1, 0.15) is 11.3 Å². The highest BCUT2D eigenvalue weighted by molar-refractivity contribution is 5.83. The minimum absolute atomic E-state index is 0.401. The van der Waals surface area contributed by atoms with Crippen LogP contribution in [-0.2, 0) is 0 Å². The van der Waals surface area contributed by atoms with Gasteiger partial charge in [0.15, 0.2) is 12.1 Å². The van der Waals surface area contributed by atoms with Gasteiger partial charge in [-0.1, -0.05) is 6.07 Å². The van der Waals surface area contributed by atoms with Crippen molar-refractivity contribution in [1.29, 1.82) is 0 Å². The molecule has 0 radical (unpaired) electrons. The van der Waals surface area contributed by atoms with Crippen LogP contribution >= 0.6 is 0 Å². The molecule has 2 heterocycles. The van der Waals surface area contributed by atoms with Gasteiger partial charge < -0.3 is 10.0 Å². The Hall–Kier alpha value is -1.88. The highest BCUT2D eigenvalue weighted by atomic mass is 16.3. The first kappa shape index (κ1) is 12.6. The molecule has 0 atom stereocenters. The van der Waals surface area contributed by atoms with Gasteiger partial charge in [-0.05, 0) is 26.0 Å². The van der Waals surface area contributed by atoms with Crippen LogP contribution in [-0.4, -0.2) is 40.0 Å². The maximum atomic E-state index is 11.2. The minimum atomic E-state index is -0.843. The predicted octanol–water partition coefficient (Wildman–Crippen LogP) is 1.35. The van der Waals surface area contributed by atoms with Crippen molar-refractivity contribution < 1.29 is 9.90 Å². The molecule has 2 aromatic rings. The number of aldehydes is 1. The van der Waals surface area contributed by atoms with Crippen LogP contribution in [0.3, 0.4) is 0 Å². The Kier molecular flexibility index (Phi) is 3.09. The van der Waals surface area contributed by atoms with Gasteiger partial charge >= 0.3 is 0 Å². The van der Waals surface area contributed by atoms with E-state index < -0.39 is 5.60 Å². The quantitative estimate of drug-likeness (QED) is 0.829. The van der Waals surface area contributed by atoms with E-state index in [9.17, 15) is 9.90 Å². The van der Waals surface area contributed by atoms with Crippen LogP contribution in [0.5, 0.6) is 0 Å². The Morgan fingerprint density at radius 3 is 2.83 bits per heavy atom. The summed E-state index contributed by atoms with van der Waals surface area (Å²) in [6.45, 7) is 3.84. The Bertz CT molecular complexity index is 569. The third-order valence-corrected chi connectivity index (χ3v) is 2.64. The molecule has 0 fully saturated rings. The number of fused-ring (bicyclic) bond motifs is 1. The van der Waals surface area contributed by atoms with Crippen molar-refractivity contribution in [3.8, 4) is 0 Å².